The van der Waals surface area contributed by atoms with Crippen molar-refractivity contribution in [2.45, 2.75) is 45.2 Å². The second kappa shape index (κ2) is 8.06. The van der Waals surface area contributed by atoms with Crippen LogP contribution in [0.15, 0.2) is 48.4 Å². The van der Waals surface area contributed by atoms with Gasteiger partial charge in [0.1, 0.15) is 12.0 Å². The van der Waals surface area contributed by atoms with Crippen molar-refractivity contribution >= 4 is 28.7 Å². The number of fused-ring (bicyclic) bond motifs is 2. The minimum Gasteiger partial charge on any atom is -0.345 e. The fourth-order valence-electron chi connectivity index (χ4n) is 4.33. The molecular formula is C24H24F2N6O. The minimum atomic E-state index is -2.68. The van der Waals surface area contributed by atoms with E-state index in [2.05, 4.69) is 33.5 Å². The monoisotopic (exact) mass is 450 g/mol. The van der Waals surface area contributed by atoms with Gasteiger partial charge in [0.25, 0.3) is 18.1 Å². The first-order chi connectivity index (χ1) is 15.8. The molecule has 1 aliphatic carbocycles. The first-order valence-electron chi connectivity index (χ1n) is 10.9. The summed E-state index contributed by atoms with van der Waals surface area (Å²) < 4.78 is 30.0. The number of hydrogen-bond acceptors (Lipinski definition) is 4. The highest BCUT2D eigenvalue weighted by molar-refractivity contribution is 5.98. The molecule has 0 atom stereocenters. The lowest BCUT2D eigenvalue weighted by Gasteiger charge is -2.37. The predicted octanol–water partition coefficient (Wildman–Crippen LogP) is 4.92. The quantitative estimate of drug-likeness (QED) is 0.433. The normalized spacial score (nSPS) is 16.1. The first kappa shape index (κ1) is 21.2. The standard InChI is InChI=1S/C24H24F2N6O/c1-14(2)31-7-6-16-11-17(4-5-21(16)31)23(33)30(3)18-8-15(9-18)10-19-12-20(22(25)26)29-24-27-13-28-32(19)24/h4-7,10-14,18,22H,8-9H2,1-3H3. The average molecular weight is 450 g/mol. The Hall–Kier alpha value is -3.62. The van der Waals surface area contributed by atoms with Crippen molar-refractivity contribution in [3.8, 4) is 0 Å². The molecule has 0 N–H and O–H groups in total. The number of alkyl halides is 2. The van der Waals surface area contributed by atoms with Gasteiger partial charge >= 0.3 is 0 Å². The van der Waals surface area contributed by atoms with Crippen LogP contribution in [0.4, 0.5) is 8.78 Å². The van der Waals surface area contributed by atoms with Crippen LogP contribution >= 0.6 is 0 Å². The van der Waals surface area contributed by atoms with E-state index in [-0.39, 0.29) is 23.4 Å². The number of aromatic nitrogens is 5. The van der Waals surface area contributed by atoms with E-state index in [4.69, 9.17) is 0 Å². The molecule has 0 unspecified atom stereocenters. The number of hydrogen-bond donors (Lipinski definition) is 0. The molecule has 170 valence electrons. The maximum Gasteiger partial charge on any atom is 0.280 e. The van der Waals surface area contributed by atoms with E-state index in [0.717, 1.165) is 16.5 Å². The van der Waals surface area contributed by atoms with Crippen molar-refractivity contribution in [2.75, 3.05) is 7.05 Å². The SMILES string of the molecule is CC(C)n1ccc2cc(C(=O)N(C)C3CC(=Cc4cc(C(F)F)nc5ncnn45)C3)ccc21. The highest BCUT2D eigenvalue weighted by atomic mass is 19.3. The van der Waals surface area contributed by atoms with E-state index in [0.29, 0.717) is 30.1 Å². The Morgan fingerprint density at radius 2 is 2.00 bits per heavy atom. The number of benzene rings is 1. The molecule has 9 heteroatoms. The average Bonchev–Trinajstić information content (AvgIpc) is 3.41. The third-order valence-electron chi connectivity index (χ3n) is 6.26. The van der Waals surface area contributed by atoms with Gasteiger partial charge in [-0.1, -0.05) is 5.57 Å². The Kier molecular flexibility index (Phi) is 5.19. The van der Waals surface area contributed by atoms with Gasteiger partial charge in [-0.3, -0.25) is 4.79 Å². The Morgan fingerprint density at radius 3 is 2.73 bits per heavy atom. The van der Waals surface area contributed by atoms with Crippen LogP contribution in [0.2, 0.25) is 0 Å². The zero-order valence-electron chi connectivity index (χ0n) is 18.6. The van der Waals surface area contributed by atoms with E-state index in [1.165, 1.54) is 16.9 Å². The topological polar surface area (TPSA) is 68.3 Å². The van der Waals surface area contributed by atoms with E-state index in [1.807, 2.05) is 43.6 Å². The van der Waals surface area contributed by atoms with Gasteiger partial charge in [0.05, 0.1) is 5.69 Å². The summed E-state index contributed by atoms with van der Waals surface area (Å²) in [6.07, 6.45) is 3.84. The predicted molar refractivity (Wildman–Crippen MR) is 121 cm³/mol. The number of carbonyl (C=O) groups is 1. The number of nitrogens with zero attached hydrogens (tertiary/aromatic N) is 6. The highest BCUT2D eigenvalue weighted by Gasteiger charge is 2.30. The number of carbonyl (C=O) groups excluding carboxylic acids is 1. The van der Waals surface area contributed by atoms with Gasteiger partial charge in [-0.25, -0.2) is 13.8 Å². The van der Waals surface area contributed by atoms with E-state index >= 15 is 0 Å². The van der Waals surface area contributed by atoms with Crippen molar-refractivity contribution in [1.82, 2.24) is 29.0 Å². The highest BCUT2D eigenvalue weighted by Crippen LogP contribution is 2.33. The third kappa shape index (κ3) is 3.77. The summed E-state index contributed by atoms with van der Waals surface area (Å²) in [7, 11) is 1.81. The summed E-state index contributed by atoms with van der Waals surface area (Å²) in [6.45, 7) is 4.25. The van der Waals surface area contributed by atoms with Crippen molar-refractivity contribution in [3.63, 3.8) is 0 Å². The van der Waals surface area contributed by atoms with Gasteiger partial charge in [0, 0.05) is 41.8 Å². The third-order valence-corrected chi connectivity index (χ3v) is 6.26. The van der Waals surface area contributed by atoms with Crippen LogP contribution < -0.4 is 0 Å². The fourth-order valence-corrected chi connectivity index (χ4v) is 4.33. The number of halogens is 2. The van der Waals surface area contributed by atoms with Crippen molar-refractivity contribution in [1.29, 1.82) is 0 Å². The van der Waals surface area contributed by atoms with Crippen LogP contribution in [-0.2, 0) is 0 Å². The van der Waals surface area contributed by atoms with Crippen LogP contribution in [0.3, 0.4) is 0 Å². The molecule has 0 spiro atoms. The molecule has 3 heterocycles. The van der Waals surface area contributed by atoms with Crippen LogP contribution in [0.5, 0.6) is 0 Å². The molecule has 33 heavy (non-hydrogen) atoms. The van der Waals surface area contributed by atoms with Crippen LogP contribution in [-0.4, -0.2) is 48.0 Å². The van der Waals surface area contributed by atoms with Crippen LogP contribution in [0.25, 0.3) is 22.8 Å². The molecule has 5 rings (SSSR count). The Bertz CT molecular complexity index is 1380. The molecule has 0 aliphatic heterocycles. The molecule has 1 aromatic carbocycles. The summed E-state index contributed by atoms with van der Waals surface area (Å²) in [5.74, 6) is 0.116. The van der Waals surface area contributed by atoms with Crippen molar-refractivity contribution in [2.24, 2.45) is 0 Å². The number of rotatable bonds is 5. The van der Waals surface area contributed by atoms with Gasteiger partial charge in [0.15, 0.2) is 0 Å². The van der Waals surface area contributed by atoms with Crippen molar-refractivity contribution < 1.29 is 13.6 Å². The molecule has 4 aromatic rings. The largest absolute Gasteiger partial charge is 0.345 e. The van der Waals surface area contributed by atoms with Gasteiger partial charge in [-0.15, -0.1) is 0 Å². The second-order valence-electron chi connectivity index (χ2n) is 8.75. The van der Waals surface area contributed by atoms with Gasteiger partial charge < -0.3 is 9.47 Å². The second-order valence-corrected chi connectivity index (χ2v) is 8.75. The van der Waals surface area contributed by atoms with Crippen molar-refractivity contribution in [3.05, 3.63) is 65.4 Å². The molecular weight excluding hydrogens is 426 g/mol. The molecule has 1 amide bonds. The molecule has 1 saturated carbocycles. The lowest BCUT2D eigenvalue weighted by Crippen LogP contribution is -2.42. The smallest absolute Gasteiger partial charge is 0.280 e. The van der Waals surface area contributed by atoms with E-state index < -0.39 is 6.43 Å². The van der Waals surface area contributed by atoms with Crippen LogP contribution in [0, 0.1) is 0 Å². The summed E-state index contributed by atoms with van der Waals surface area (Å²) in [5.41, 5.74) is 3.01. The van der Waals surface area contributed by atoms with E-state index in [1.54, 1.807) is 4.90 Å². The summed E-state index contributed by atoms with van der Waals surface area (Å²) >= 11 is 0. The molecule has 1 aliphatic rings. The Morgan fingerprint density at radius 1 is 1.21 bits per heavy atom. The lowest BCUT2D eigenvalue weighted by atomic mass is 9.84. The zero-order chi connectivity index (χ0) is 23.3. The fraction of sp³-hybridized carbons (Fsp3) is 0.333. The number of amides is 1. The molecule has 7 nitrogen and oxygen atoms in total. The summed E-state index contributed by atoms with van der Waals surface area (Å²) in [6, 6.07) is 9.58. The summed E-state index contributed by atoms with van der Waals surface area (Å²) in [5, 5.41) is 5.12. The van der Waals surface area contributed by atoms with Gasteiger partial charge in [-0.2, -0.15) is 14.6 Å². The van der Waals surface area contributed by atoms with Gasteiger partial charge in [-0.05, 0) is 63.1 Å². The van der Waals surface area contributed by atoms with Crippen LogP contribution in [0.1, 0.15) is 60.9 Å². The molecule has 3 aromatic heterocycles. The first-order valence-corrected chi connectivity index (χ1v) is 10.9. The zero-order valence-corrected chi connectivity index (χ0v) is 18.6. The molecule has 0 radical (unpaired) electrons. The molecule has 0 saturated heterocycles. The molecule has 1 fully saturated rings. The maximum absolute atomic E-state index is 13.2. The Balaban J connectivity index is 1.32. The minimum absolute atomic E-state index is 0.0270. The maximum atomic E-state index is 13.2. The van der Waals surface area contributed by atoms with E-state index in [9.17, 15) is 13.6 Å². The summed E-state index contributed by atoms with van der Waals surface area (Å²) in [4.78, 5) is 22.6. The Labute approximate surface area is 189 Å². The van der Waals surface area contributed by atoms with Gasteiger partial charge in [0.2, 0.25) is 0 Å². The lowest BCUT2D eigenvalue weighted by molar-refractivity contribution is 0.0699. The molecule has 0 bridgehead atoms.